The van der Waals surface area contributed by atoms with Gasteiger partial charge in [0.15, 0.2) is 11.8 Å². The Morgan fingerprint density at radius 1 is 1.42 bits per heavy atom. The maximum atomic E-state index is 12.8. The quantitative estimate of drug-likeness (QED) is 0.115. The van der Waals surface area contributed by atoms with E-state index in [4.69, 9.17) is 19.7 Å². The zero-order valence-electron chi connectivity index (χ0n) is 19.4. The normalized spacial score (nSPS) is 37.4. The summed E-state index contributed by atoms with van der Waals surface area (Å²) in [6.07, 6.45) is -9.80. The van der Waals surface area contributed by atoms with Crippen LogP contribution in [-0.2, 0) is 23.4 Å². The lowest BCUT2D eigenvalue weighted by Crippen LogP contribution is -2.63. The molecular weight excluding hydrogens is 507 g/mol. The van der Waals surface area contributed by atoms with Crippen LogP contribution in [0, 0.1) is 0 Å². The summed E-state index contributed by atoms with van der Waals surface area (Å²) in [5, 5.41) is 53.0. The van der Waals surface area contributed by atoms with Gasteiger partial charge in [-0.1, -0.05) is 0 Å². The summed E-state index contributed by atoms with van der Waals surface area (Å²) in [6.45, 7) is 2.08. The van der Waals surface area contributed by atoms with Crippen molar-refractivity contribution in [2.24, 2.45) is 0 Å². The summed E-state index contributed by atoms with van der Waals surface area (Å²) in [7, 11) is -4.74. The number of aliphatic hydroxyl groups excluding tert-OH is 4. The standard InChI is InChI=1S/C19H31N4O12P/c1-8-13(21-9(2)24)10(25)5-19(35-8,17(28)29)7-36(31,32)33-6-11-14(26)15(27)16(34-11)23-4-3-12(20)22-18(23)30/h3-4,8-11,13-16,21,24-27H,5-7H2,1-2H3,(H,28,29)(H,31,32)(H2,20,22,30)/t8?,9?,10?,11?,13?,14-,15-,16?,19?/m1/s1. The largest absolute Gasteiger partial charge is 0.479 e. The summed E-state index contributed by atoms with van der Waals surface area (Å²) < 4.78 is 29.7. The van der Waals surface area contributed by atoms with Crippen LogP contribution in [0.2, 0.25) is 0 Å². The molecule has 10 atom stereocenters. The van der Waals surface area contributed by atoms with Gasteiger partial charge in [0.05, 0.1) is 31.0 Å². The number of rotatable bonds is 9. The molecule has 2 saturated heterocycles. The fraction of sp³-hybridized carbons (Fsp3) is 0.737. The molecule has 1 aromatic rings. The zero-order valence-corrected chi connectivity index (χ0v) is 20.3. The van der Waals surface area contributed by atoms with Crippen LogP contribution in [-0.4, -0.2) is 107 Å². The molecule has 36 heavy (non-hydrogen) atoms. The molecule has 17 heteroatoms. The molecule has 0 bridgehead atoms. The number of carboxylic acid groups (broad SMARTS) is 1. The number of hydrogen-bond donors (Lipinski definition) is 8. The van der Waals surface area contributed by atoms with E-state index in [0.717, 1.165) is 4.57 Å². The topological polar surface area (TPSA) is 256 Å². The molecule has 0 spiro atoms. The second kappa shape index (κ2) is 10.8. The van der Waals surface area contributed by atoms with Crippen molar-refractivity contribution in [2.75, 3.05) is 18.5 Å². The summed E-state index contributed by atoms with van der Waals surface area (Å²) in [5.41, 5.74) is 2.27. The Labute approximate surface area is 204 Å². The molecule has 0 amide bonds. The predicted molar refractivity (Wildman–Crippen MR) is 120 cm³/mol. The SMILES string of the molecule is CC(O)NC1C(O)CC(CP(=O)(O)OCC2OC(n3ccc(N)nc3=O)[C@H](O)[C@@H]2O)(C(=O)O)OC1C. The van der Waals surface area contributed by atoms with E-state index in [2.05, 4.69) is 10.3 Å². The van der Waals surface area contributed by atoms with E-state index in [1.54, 1.807) is 0 Å². The van der Waals surface area contributed by atoms with Crippen molar-refractivity contribution in [2.45, 2.75) is 74.9 Å². The summed E-state index contributed by atoms with van der Waals surface area (Å²) >= 11 is 0. The van der Waals surface area contributed by atoms with Crippen molar-refractivity contribution in [3.05, 3.63) is 22.7 Å². The molecule has 0 radical (unpaired) electrons. The molecule has 0 saturated carbocycles. The van der Waals surface area contributed by atoms with Gasteiger partial charge in [0.2, 0.25) is 0 Å². The van der Waals surface area contributed by atoms with Crippen LogP contribution in [0.4, 0.5) is 5.82 Å². The minimum atomic E-state index is -4.74. The van der Waals surface area contributed by atoms with Gasteiger partial charge in [-0.05, 0) is 19.9 Å². The Bertz CT molecular complexity index is 1040. The van der Waals surface area contributed by atoms with E-state index in [1.165, 1.54) is 26.1 Å². The molecule has 1 aromatic heterocycles. The molecule has 0 aromatic carbocycles. The molecule has 3 rings (SSSR count). The fourth-order valence-corrected chi connectivity index (χ4v) is 5.82. The number of ether oxygens (including phenoxy) is 2. The minimum Gasteiger partial charge on any atom is -0.479 e. The Morgan fingerprint density at radius 3 is 2.64 bits per heavy atom. The second-order valence-corrected chi connectivity index (χ2v) is 10.8. The fourth-order valence-electron chi connectivity index (χ4n) is 4.36. The van der Waals surface area contributed by atoms with Crippen molar-refractivity contribution in [3.8, 4) is 0 Å². The number of carboxylic acids is 1. The molecule has 3 heterocycles. The highest BCUT2D eigenvalue weighted by Gasteiger charge is 2.54. The monoisotopic (exact) mass is 538 g/mol. The minimum absolute atomic E-state index is 0.0740. The van der Waals surface area contributed by atoms with Crippen LogP contribution in [0.5, 0.6) is 0 Å². The van der Waals surface area contributed by atoms with Crippen LogP contribution >= 0.6 is 7.60 Å². The molecule has 2 aliphatic heterocycles. The first kappa shape index (κ1) is 28.6. The molecule has 9 N–H and O–H groups in total. The number of anilines is 1. The van der Waals surface area contributed by atoms with Crippen LogP contribution < -0.4 is 16.7 Å². The average molecular weight is 538 g/mol. The first-order valence-electron chi connectivity index (χ1n) is 11.0. The lowest BCUT2D eigenvalue weighted by Gasteiger charge is -2.44. The van der Waals surface area contributed by atoms with Crippen LogP contribution in [0.3, 0.4) is 0 Å². The van der Waals surface area contributed by atoms with Crippen LogP contribution in [0.25, 0.3) is 0 Å². The molecular formula is C19H31N4O12P. The maximum Gasteiger partial charge on any atom is 0.351 e. The molecule has 0 aliphatic carbocycles. The number of nitrogens with one attached hydrogen (secondary N) is 1. The number of nitrogen functional groups attached to an aromatic ring is 1. The maximum absolute atomic E-state index is 12.8. The lowest BCUT2D eigenvalue weighted by atomic mass is 9.87. The molecule has 204 valence electrons. The zero-order chi connectivity index (χ0) is 27.0. The lowest BCUT2D eigenvalue weighted by molar-refractivity contribution is -0.197. The van der Waals surface area contributed by atoms with Crippen molar-refractivity contribution in [1.82, 2.24) is 14.9 Å². The van der Waals surface area contributed by atoms with Crippen molar-refractivity contribution in [3.63, 3.8) is 0 Å². The Kier molecular flexibility index (Phi) is 8.57. The molecule has 16 nitrogen and oxygen atoms in total. The number of aliphatic carboxylic acids is 1. The third-order valence-corrected chi connectivity index (χ3v) is 7.52. The van der Waals surface area contributed by atoms with E-state index in [1.807, 2.05) is 0 Å². The highest BCUT2D eigenvalue weighted by atomic mass is 31.2. The van der Waals surface area contributed by atoms with Gasteiger partial charge in [-0.3, -0.25) is 14.4 Å². The Morgan fingerprint density at radius 2 is 2.08 bits per heavy atom. The number of aliphatic hydroxyl groups is 4. The van der Waals surface area contributed by atoms with E-state index >= 15 is 0 Å². The number of carbonyl (C=O) groups is 1. The number of aromatic nitrogens is 2. The predicted octanol–water partition coefficient (Wildman–Crippen LogP) is -3.06. The highest BCUT2D eigenvalue weighted by Crippen LogP contribution is 2.49. The molecule has 2 aliphatic rings. The Hall–Kier alpha value is -1.98. The number of nitrogens with zero attached hydrogens (tertiary/aromatic N) is 2. The van der Waals surface area contributed by atoms with Crippen LogP contribution in [0.15, 0.2) is 17.1 Å². The van der Waals surface area contributed by atoms with Gasteiger partial charge in [-0.25, -0.2) is 9.59 Å². The van der Waals surface area contributed by atoms with E-state index < -0.39 is 93.1 Å². The van der Waals surface area contributed by atoms with Gasteiger partial charge < -0.3 is 50.2 Å². The Balaban J connectivity index is 1.69. The highest BCUT2D eigenvalue weighted by molar-refractivity contribution is 7.53. The van der Waals surface area contributed by atoms with Crippen molar-refractivity contribution in [1.29, 1.82) is 0 Å². The molecule has 8 unspecified atom stereocenters. The third-order valence-electron chi connectivity index (χ3n) is 6.05. The van der Waals surface area contributed by atoms with E-state index in [9.17, 15) is 44.6 Å². The van der Waals surface area contributed by atoms with Gasteiger partial charge in [0, 0.05) is 12.6 Å². The third kappa shape index (κ3) is 6.11. The number of hydrogen-bond acceptors (Lipinski definition) is 13. The molecule has 2 fully saturated rings. The summed E-state index contributed by atoms with van der Waals surface area (Å²) in [6, 6.07) is 0.421. The second-order valence-electron chi connectivity index (χ2n) is 8.94. The van der Waals surface area contributed by atoms with Crippen LogP contribution in [0.1, 0.15) is 26.5 Å². The first-order valence-corrected chi connectivity index (χ1v) is 12.8. The van der Waals surface area contributed by atoms with Gasteiger partial charge in [-0.15, -0.1) is 0 Å². The van der Waals surface area contributed by atoms with Crippen molar-refractivity contribution < 1.29 is 53.8 Å². The van der Waals surface area contributed by atoms with Gasteiger partial charge >= 0.3 is 19.3 Å². The van der Waals surface area contributed by atoms with Crippen molar-refractivity contribution >= 4 is 19.4 Å². The van der Waals surface area contributed by atoms with E-state index in [-0.39, 0.29) is 5.82 Å². The van der Waals surface area contributed by atoms with Gasteiger partial charge in [-0.2, -0.15) is 4.98 Å². The smallest absolute Gasteiger partial charge is 0.351 e. The summed E-state index contributed by atoms with van der Waals surface area (Å²) in [4.78, 5) is 38.0. The summed E-state index contributed by atoms with van der Waals surface area (Å²) in [5.74, 6) is -1.68. The first-order chi connectivity index (χ1) is 16.7. The van der Waals surface area contributed by atoms with E-state index in [0.29, 0.717) is 0 Å². The van der Waals surface area contributed by atoms with Gasteiger partial charge in [0.25, 0.3) is 0 Å². The van der Waals surface area contributed by atoms with Gasteiger partial charge in [0.1, 0.15) is 30.4 Å². The number of nitrogens with two attached hydrogens (primary N) is 1. The average Bonchev–Trinajstić information content (AvgIpc) is 3.03.